The van der Waals surface area contributed by atoms with Crippen LogP contribution in [0, 0.1) is 0 Å². The van der Waals surface area contributed by atoms with Crippen molar-refractivity contribution in [3.63, 3.8) is 0 Å². The van der Waals surface area contributed by atoms with Crippen LogP contribution < -0.4 is 5.73 Å². The first-order valence-corrected chi connectivity index (χ1v) is 10.3. The summed E-state index contributed by atoms with van der Waals surface area (Å²) in [7, 11) is -3.69. The molecule has 2 N–H and O–H groups in total. The Morgan fingerprint density at radius 3 is 2.57 bits per heavy atom. The van der Waals surface area contributed by atoms with E-state index in [1.165, 1.54) is 9.87 Å². The molecule has 0 spiro atoms. The zero-order valence-corrected chi connectivity index (χ0v) is 17.1. The maximum Gasteiger partial charge on any atom is 0.264 e. The SMILES string of the molecule is Cl.NCC=CN(CCCc1ccccc1)S(=O)(=O)c1cccc2cnccc12. The third-order valence-corrected chi connectivity index (χ3v) is 6.16. The van der Waals surface area contributed by atoms with Crippen molar-refractivity contribution in [3.8, 4) is 0 Å². The first-order chi connectivity index (χ1) is 13.1. The van der Waals surface area contributed by atoms with E-state index in [0.717, 1.165) is 11.8 Å². The lowest BCUT2D eigenvalue weighted by Crippen LogP contribution is -2.28. The molecule has 0 aliphatic heterocycles. The van der Waals surface area contributed by atoms with Crippen molar-refractivity contribution >= 4 is 33.2 Å². The van der Waals surface area contributed by atoms with Crippen LogP contribution in [0.5, 0.6) is 0 Å². The van der Waals surface area contributed by atoms with Crippen molar-refractivity contribution in [1.82, 2.24) is 9.29 Å². The van der Waals surface area contributed by atoms with Gasteiger partial charge >= 0.3 is 0 Å². The molecule has 1 aromatic heterocycles. The van der Waals surface area contributed by atoms with Crippen LogP contribution in [0.4, 0.5) is 0 Å². The summed E-state index contributed by atoms with van der Waals surface area (Å²) >= 11 is 0. The van der Waals surface area contributed by atoms with Gasteiger partial charge in [0.05, 0.1) is 4.90 Å². The molecule has 28 heavy (non-hydrogen) atoms. The summed E-state index contributed by atoms with van der Waals surface area (Å²) in [4.78, 5) is 4.36. The summed E-state index contributed by atoms with van der Waals surface area (Å²) in [5.74, 6) is 0. The van der Waals surface area contributed by atoms with Crippen molar-refractivity contribution < 1.29 is 8.42 Å². The molecular formula is C21H24ClN3O2S. The van der Waals surface area contributed by atoms with Crippen molar-refractivity contribution in [2.75, 3.05) is 13.1 Å². The molecule has 1 heterocycles. The molecule has 3 aromatic rings. The minimum absolute atomic E-state index is 0. The second-order valence-corrected chi connectivity index (χ2v) is 8.04. The van der Waals surface area contributed by atoms with E-state index in [9.17, 15) is 8.42 Å². The number of hydrogen-bond acceptors (Lipinski definition) is 4. The van der Waals surface area contributed by atoms with Gasteiger partial charge in [0.25, 0.3) is 10.0 Å². The molecule has 0 aliphatic rings. The number of hydrogen-bond donors (Lipinski definition) is 1. The first-order valence-electron chi connectivity index (χ1n) is 8.88. The van der Waals surface area contributed by atoms with Gasteiger partial charge in [0.1, 0.15) is 0 Å². The van der Waals surface area contributed by atoms with Gasteiger partial charge in [0.2, 0.25) is 0 Å². The zero-order valence-electron chi connectivity index (χ0n) is 15.4. The third kappa shape index (κ3) is 5.10. The number of halogens is 1. The van der Waals surface area contributed by atoms with E-state index in [2.05, 4.69) is 4.98 Å². The van der Waals surface area contributed by atoms with Crippen LogP contribution in [0.2, 0.25) is 0 Å². The van der Waals surface area contributed by atoms with Crippen molar-refractivity contribution in [2.24, 2.45) is 5.73 Å². The average Bonchev–Trinajstić information content (AvgIpc) is 2.70. The largest absolute Gasteiger partial charge is 0.327 e. The number of nitrogens with zero attached hydrogens (tertiary/aromatic N) is 2. The average molecular weight is 418 g/mol. The summed E-state index contributed by atoms with van der Waals surface area (Å²) < 4.78 is 28.0. The highest BCUT2D eigenvalue weighted by molar-refractivity contribution is 7.89. The summed E-state index contributed by atoms with van der Waals surface area (Å²) in [6.07, 6.45) is 8.03. The minimum atomic E-state index is -3.69. The fraction of sp³-hybridized carbons (Fsp3) is 0.190. The number of nitrogens with two attached hydrogens (primary N) is 1. The molecule has 0 saturated heterocycles. The number of pyridine rings is 1. The van der Waals surface area contributed by atoms with E-state index in [4.69, 9.17) is 5.73 Å². The van der Waals surface area contributed by atoms with Crippen LogP contribution in [-0.4, -0.2) is 30.8 Å². The topological polar surface area (TPSA) is 76.3 Å². The highest BCUT2D eigenvalue weighted by Crippen LogP contribution is 2.25. The molecule has 0 unspecified atom stereocenters. The molecule has 0 fully saturated rings. The monoisotopic (exact) mass is 417 g/mol. The summed E-state index contributed by atoms with van der Waals surface area (Å²) in [6.45, 7) is 0.666. The molecule has 5 nitrogen and oxygen atoms in total. The Kier molecular flexibility index (Phi) is 7.99. The summed E-state index contributed by atoms with van der Waals surface area (Å²) in [6, 6.07) is 17.0. The summed E-state index contributed by atoms with van der Waals surface area (Å²) in [5, 5.41) is 1.47. The van der Waals surface area contributed by atoms with Gasteiger partial charge < -0.3 is 5.73 Å². The number of aromatic nitrogens is 1. The van der Waals surface area contributed by atoms with E-state index in [-0.39, 0.29) is 23.8 Å². The fourth-order valence-electron chi connectivity index (χ4n) is 2.98. The molecule has 0 bridgehead atoms. The van der Waals surface area contributed by atoms with Crippen LogP contribution >= 0.6 is 12.4 Å². The van der Waals surface area contributed by atoms with Gasteiger partial charge in [-0.25, -0.2) is 8.42 Å². The highest BCUT2D eigenvalue weighted by atomic mass is 35.5. The Morgan fingerprint density at radius 2 is 1.82 bits per heavy atom. The molecule has 0 atom stereocenters. The second kappa shape index (κ2) is 10.2. The van der Waals surface area contributed by atoms with Crippen molar-refractivity contribution in [1.29, 1.82) is 0 Å². The Morgan fingerprint density at radius 1 is 1.04 bits per heavy atom. The lowest BCUT2D eigenvalue weighted by Gasteiger charge is -2.21. The van der Waals surface area contributed by atoms with E-state index in [0.29, 0.717) is 18.4 Å². The van der Waals surface area contributed by atoms with E-state index >= 15 is 0 Å². The Bertz CT molecular complexity index is 1020. The van der Waals surface area contributed by atoms with Crippen molar-refractivity contribution in [3.05, 3.63) is 84.8 Å². The second-order valence-electron chi connectivity index (χ2n) is 6.18. The number of sulfonamides is 1. The quantitative estimate of drug-likeness (QED) is 0.605. The molecule has 0 saturated carbocycles. The number of fused-ring (bicyclic) bond motifs is 1. The van der Waals surface area contributed by atoms with Gasteiger partial charge in [-0.2, -0.15) is 0 Å². The van der Waals surface area contributed by atoms with Gasteiger partial charge in [0, 0.05) is 42.5 Å². The predicted octanol–water partition coefficient (Wildman–Crippen LogP) is 3.75. The van der Waals surface area contributed by atoms with Gasteiger partial charge in [0.15, 0.2) is 0 Å². The molecule has 0 amide bonds. The van der Waals surface area contributed by atoms with E-state index < -0.39 is 10.0 Å². The molecular weight excluding hydrogens is 394 g/mol. The molecule has 2 aromatic carbocycles. The number of benzene rings is 2. The van der Waals surface area contributed by atoms with Crippen LogP contribution in [-0.2, 0) is 16.4 Å². The molecule has 0 radical (unpaired) electrons. The lowest BCUT2D eigenvalue weighted by atomic mass is 10.1. The van der Waals surface area contributed by atoms with Gasteiger partial charge in [-0.15, -0.1) is 12.4 Å². The van der Waals surface area contributed by atoms with Crippen LogP contribution in [0.15, 0.2) is 84.2 Å². The van der Waals surface area contributed by atoms with E-state index in [1.807, 2.05) is 36.4 Å². The highest BCUT2D eigenvalue weighted by Gasteiger charge is 2.23. The Labute approximate surface area is 172 Å². The normalized spacial score (nSPS) is 11.5. The predicted molar refractivity (Wildman–Crippen MR) is 116 cm³/mol. The first kappa shape index (κ1) is 21.9. The van der Waals surface area contributed by atoms with Crippen LogP contribution in [0.3, 0.4) is 0 Å². The van der Waals surface area contributed by atoms with Gasteiger partial charge in [-0.3, -0.25) is 9.29 Å². The smallest absolute Gasteiger partial charge is 0.264 e. The number of rotatable bonds is 8. The maximum atomic E-state index is 13.3. The van der Waals surface area contributed by atoms with Crippen molar-refractivity contribution in [2.45, 2.75) is 17.7 Å². The molecule has 3 rings (SSSR count). The zero-order chi connectivity index (χ0) is 19.1. The Hall–Kier alpha value is -2.41. The maximum absolute atomic E-state index is 13.3. The van der Waals surface area contributed by atoms with Gasteiger partial charge in [-0.05, 0) is 30.5 Å². The minimum Gasteiger partial charge on any atom is -0.327 e. The van der Waals surface area contributed by atoms with Gasteiger partial charge in [-0.1, -0.05) is 48.5 Å². The molecule has 148 valence electrons. The number of aryl methyl sites for hydroxylation is 1. The lowest BCUT2D eigenvalue weighted by molar-refractivity contribution is 0.489. The molecule has 0 aliphatic carbocycles. The van der Waals surface area contributed by atoms with Crippen LogP contribution in [0.25, 0.3) is 10.8 Å². The van der Waals surface area contributed by atoms with Crippen LogP contribution in [0.1, 0.15) is 12.0 Å². The van der Waals surface area contributed by atoms with E-state index in [1.54, 1.807) is 42.9 Å². The summed E-state index contributed by atoms with van der Waals surface area (Å²) in [5.41, 5.74) is 6.74. The standard InChI is InChI=1S/C21H23N3O2S.ClH/c22-13-6-16-24(15-5-9-18-7-2-1-3-8-18)27(25,26)21-11-4-10-19-17-23-14-12-20(19)21;/h1-4,6-8,10-12,14,16-17H,5,9,13,15,22H2;1H. The molecule has 7 heteroatoms. The fourth-order valence-corrected chi connectivity index (χ4v) is 4.56. The Balaban J connectivity index is 0.00000280. The third-order valence-electron chi connectivity index (χ3n) is 4.32.